The van der Waals surface area contributed by atoms with Gasteiger partial charge in [-0.2, -0.15) is 0 Å². The third-order valence-corrected chi connectivity index (χ3v) is 11.8. The van der Waals surface area contributed by atoms with Gasteiger partial charge in [-0.05, 0) is 120 Å². The molecule has 0 unspecified atom stereocenters. The van der Waals surface area contributed by atoms with Gasteiger partial charge in [0.1, 0.15) is 11.5 Å². The molecule has 0 spiro atoms. The highest BCUT2D eigenvalue weighted by atomic mass is 79.9. The first-order chi connectivity index (χ1) is 27.8. The van der Waals surface area contributed by atoms with Crippen molar-refractivity contribution in [2.45, 2.75) is 95.3 Å². The van der Waals surface area contributed by atoms with Crippen molar-refractivity contribution in [3.8, 4) is 22.6 Å². The molecule has 0 amide bonds. The van der Waals surface area contributed by atoms with Gasteiger partial charge in [0.25, 0.3) is 0 Å². The van der Waals surface area contributed by atoms with Crippen molar-refractivity contribution in [1.29, 1.82) is 0 Å². The lowest BCUT2D eigenvalue weighted by molar-refractivity contribution is -0.135. The molecule has 0 saturated heterocycles. The molecule has 5 rings (SSSR count). The van der Waals surface area contributed by atoms with Gasteiger partial charge in [0.2, 0.25) is 0 Å². The summed E-state index contributed by atoms with van der Waals surface area (Å²) in [7, 11) is 2.75. The summed E-state index contributed by atoms with van der Waals surface area (Å²) in [5.41, 5.74) is 7.64. The zero-order valence-electron chi connectivity index (χ0n) is 33.4. The van der Waals surface area contributed by atoms with E-state index in [1.54, 1.807) is 12.2 Å². The number of unbranched alkanes of at least 4 members (excludes halogenated alkanes) is 10. The van der Waals surface area contributed by atoms with Crippen molar-refractivity contribution in [1.82, 2.24) is 0 Å². The number of carbonyl (C=O) groups excluding carboxylic acids is 2. The molecule has 0 heterocycles. The number of hydrogen-bond acceptors (Lipinski definition) is 6. The maximum Gasteiger partial charge on any atom is 0.330 e. The molecule has 0 N–H and O–H groups in total. The molecule has 0 aliphatic heterocycles. The maximum atomic E-state index is 11.3. The number of benzene rings is 4. The summed E-state index contributed by atoms with van der Waals surface area (Å²) in [6.45, 7) is 1.42. The van der Waals surface area contributed by atoms with E-state index in [9.17, 15) is 9.59 Å². The first-order valence-electron chi connectivity index (χ1n) is 20.4. The lowest BCUT2D eigenvalue weighted by Crippen LogP contribution is -2.25. The Kier molecular flexibility index (Phi) is 18.0. The van der Waals surface area contributed by atoms with Crippen LogP contribution in [-0.4, -0.2) is 39.4 Å². The third-order valence-electron chi connectivity index (χ3n) is 10.8. The Bertz CT molecular complexity index is 1790. The molecule has 57 heavy (non-hydrogen) atoms. The zero-order chi connectivity index (χ0) is 40.3. The Balaban J connectivity index is 1.04. The topological polar surface area (TPSA) is 71.1 Å². The zero-order valence-corrected chi connectivity index (χ0v) is 36.6. The molecular formula is C49H56Br2O6. The molecule has 0 atom stereocenters. The molecule has 8 heteroatoms. The van der Waals surface area contributed by atoms with E-state index in [1.807, 2.05) is 48.5 Å². The highest BCUT2D eigenvalue weighted by Crippen LogP contribution is 2.55. The van der Waals surface area contributed by atoms with E-state index >= 15 is 0 Å². The van der Waals surface area contributed by atoms with E-state index in [1.165, 1.54) is 100.0 Å². The van der Waals surface area contributed by atoms with E-state index in [0.29, 0.717) is 13.2 Å². The van der Waals surface area contributed by atoms with Crippen LogP contribution in [0.3, 0.4) is 0 Å². The summed E-state index contributed by atoms with van der Waals surface area (Å²) >= 11 is 7.64. The highest BCUT2D eigenvalue weighted by Gasteiger charge is 2.42. The molecule has 0 saturated carbocycles. The van der Waals surface area contributed by atoms with E-state index < -0.39 is 0 Å². The van der Waals surface area contributed by atoms with Crippen molar-refractivity contribution in [2.24, 2.45) is 0 Å². The number of fused-ring (bicyclic) bond motifs is 3. The molecule has 4 aromatic carbocycles. The Hall–Kier alpha value is -4.14. The Morgan fingerprint density at radius 1 is 0.509 bits per heavy atom. The first kappa shape index (κ1) is 44.0. The summed E-state index contributed by atoms with van der Waals surface area (Å²) < 4.78 is 23.6. The number of halogens is 2. The van der Waals surface area contributed by atoms with Crippen molar-refractivity contribution in [3.05, 3.63) is 128 Å². The van der Waals surface area contributed by atoms with Gasteiger partial charge in [-0.1, -0.05) is 132 Å². The number of rotatable bonds is 24. The van der Waals surface area contributed by atoms with E-state index in [-0.39, 0.29) is 17.4 Å². The third kappa shape index (κ3) is 13.5. The fourth-order valence-electron chi connectivity index (χ4n) is 7.77. The maximum absolute atomic E-state index is 11.3. The first-order valence-corrected chi connectivity index (χ1v) is 22.0. The molecule has 1 aliphatic carbocycles. The van der Waals surface area contributed by atoms with Gasteiger partial charge >= 0.3 is 11.9 Å². The van der Waals surface area contributed by atoms with E-state index in [0.717, 1.165) is 70.1 Å². The number of esters is 2. The minimum absolute atomic E-state index is 0.0230. The predicted molar refractivity (Wildman–Crippen MR) is 239 cm³/mol. The van der Waals surface area contributed by atoms with Gasteiger partial charge in [0.05, 0.1) is 27.4 Å². The van der Waals surface area contributed by atoms with Gasteiger partial charge in [-0.3, -0.25) is 0 Å². The van der Waals surface area contributed by atoms with Crippen LogP contribution in [0.1, 0.15) is 112 Å². The SMILES string of the molecule is COC(=O)C=Cc1ccc(OCCCCCCCCC2(CCCCCCCCOc3ccc(C=CC(=O)OC)cc3)c3cc(Br)ccc3-c3ccc(Br)cc32)cc1. The van der Waals surface area contributed by atoms with E-state index in [4.69, 9.17) is 9.47 Å². The van der Waals surface area contributed by atoms with Crippen molar-refractivity contribution >= 4 is 56.0 Å². The number of hydrogen-bond donors (Lipinski definition) is 0. The van der Waals surface area contributed by atoms with Gasteiger partial charge in [-0.15, -0.1) is 0 Å². The molecule has 4 aromatic rings. The molecular weight excluding hydrogens is 844 g/mol. The van der Waals surface area contributed by atoms with Gasteiger partial charge < -0.3 is 18.9 Å². The minimum atomic E-state index is -0.364. The highest BCUT2D eigenvalue weighted by molar-refractivity contribution is 9.10. The van der Waals surface area contributed by atoms with Crippen LogP contribution < -0.4 is 9.47 Å². The van der Waals surface area contributed by atoms with Crippen LogP contribution in [0.4, 0.5) is 0 Å². The summed E-state index contributed by atoms with van der Waals surface area (Å²) in [4.78, 5) is 22.6. The summed E-state index contributed by atoms with van der Waals surface area (Å²) in [5, 5.41) is 0. The van der Waals surface area contributed by atoms with E-state index in [2.05, 4.69) is 77.7 Å². The van der Waals surface area contributed by atoms with Crippen LogP contribution in [0.5, 0.6) is 11.5 Å². The van der Waals surface area contributed by atoms with Crippen LogP contribution in [0, 0.1) is 0 Å². The average Bonchev–Trinajstić information content (AvgIpc) is 3.48. The number of ether oxygens (including phenoxy) is 4. The molecule has 6 nitrogen and oxygen atoms in total. The normalized spacial score (nSPS) is 12.8. The van der Waals surface area contributed by atoms with Crippen LogP contribution in [0.2, 0.25) is 0 Å². The standard InChI is InChI=1S/C49H56Br2O6/c1-54-47(52)29-19-37-15-23-41(24-16-37)56-33-13-9-5-3-7-11-31-49(45-35-39(50)21-27-43(45)44-28-22-40(51)36-46(44)49)32-12-8-4-6-10-14-34-57-42-25-17-38(18-26-42)20-30-48(53)55-2/h15-30,35-36H,3-14,31-34H2,1-2H3. The second-order valence-electron chi connectivity index (χ2n) is 14.8. The lowest BCUT2D eigenvalue weighted by Gasteiger charge is -2.33. The van der Waals surface area contributed by atoms with Crippen molar-refractivity contribution in [3.63, 3.8) is 0 Å². The van der Waals surface area contributed by atoms with Crippen molar-refractivity contribution < 1.29 is 28.5 Å². The Labute approximate surface area is 356 Å². The Morgan fingerprint density at radius 2 is 0.877 bits per heavy atom. The lowest BCUT2D eigenvalue weighted by atomic mass is 9.70. The van der Waals surface area contributed by atoms with Gasteiger partial charge in [-0.25, -0.2) is 9.59 Å². The van der Waals surface area contributed by atoms with Crippen LogP contribution in [-0.2, 0) is 24.5 Å². The molecule has 302 valence electrons. The molecule has 0 radical (unpaired) electrons. The number of carbonyl (C=O) groups is 2. The molecule has 0 aromatic heterocycles. The average molecular weight is 901 g/mol. The largest absolute Gasteiger partial charge is 0.494 e. The monoisotopic (exact) mass is 898 g/mol. The quantitative estimate of drug-likeness (QED) is 0.0396. The minimum Gasteiger partial charge on any atom is -0.494 e. The van der Waals surface area contributed by atoms with Crippen LogP contribution in [0.25, 0.3) is 23.3 Å². The molecule has 0 bridgehead atoms. The summed E-state index contributed by atoms with van der Waals surface area (Å²) in [6, 6.07) is 29.3. The second kappa shape index (κ2) is 23.3. The number of methoxy groups -OCH3 is 2. The summed E-state index contributed by atoms with van der Waals surface area (Å²) in [5.74, 6) is 0.974. The Morgan fingerprint density at radius 3 is 1.26 bits per heavy atom. The van der Waals surface area contributed by atoms with Crippen LogP contribution in [0.15, 0.2) is 106 Å². The summed E-state index contributed by atoms with van der Waals surface area (Å²) in [6.07, 6.45) is 22.8. The van der Waals surface area contributed by atoms with Crippen LogP contribution >= 0.6 is 31.9 Å². The smallest absolute Gasteiger partial charge is 0.330 e. The van der Waals surface area contributed by atoms with Gasteiger partial charge in [0.15, 0.2) is 0 Å². The van der Waals surface area contributed by atoms with Gasteiger partial charge in [0, 0.05) is 26.5 Å². The van der Waals surface area contributed by atoms with Crippen molar-refractivity contribution in [2.75, 3.05) is 27.4 Å². The second-order valence-corrected chi connectivity index (χ2v) is 16.6. The fourth-order valence-corrected chi connectivity index (χ4v) is 8.49. The fraction of sp³-hybridized carbons (Fsp3) is 0.388. The molecule has 0 fully saturated rings. The predicted octanol–water partition coefficient (Wildman–Crippen LogP) is 13.5. The molecule has 1 aliphatic rings.